The second-order valence-corrected chi connectivity index (χ2v) is 5.53. The van der Waals surface area contributed by atoms with Crippen LogP contribution in [0.1, 0.15) is 19.4 Å². The molecule has 0 radical (unpaired) electrons. The van der Waals surface area contributed by atoms with E-state index in [1.165, 1.54) is 6.07 Å². The number of benzene rings is 1. The van der Waals surface area contributed by atoms with Gasteiger partial charge in [0.05, 0.1) is 12.3 Å². The average Bonchev–Trinajstić information content (AvgIpc) is 2.23. The van der Waals surface area contributed by atoms with E-state index in [2.05, 4.69) is 29.8 Å². The zero-order valence-electron chi connectivity index (χ0n) is 9.80. The predicted octanol–water partition coefficient (Wildman–Crippen LogP) is 3.71. The van der Waals surface area contributed by atoms with Crippen molar-refractivity contribution in [1.29, 1.82) is 0 Å². The van der Waals surface area contributed by atoms with Crippen molar-refractivity contribution in [3.63, 3.8) is 0 Å². The first kappa shape index (κ1) is 14.4. The smallest absolute Gasteiger partial charge is 0.164 e. The van der Waals surface area contributed by atoms with Crippen molar-refractivity contribution in [1.82, 2.24) is 0 Å². The molecule has 0 aliphatic heterocycles. The lowest BCUT2D eigenvalue weighted by molar-refractivity contribution is 0.260. The Morgan fingerprint density at radius 1 is 1.53 bits per heavy atom. The summed E-state index contributed by atoms with van der Waals surface area (Å²) in [5, 5.41) is 0.491. The molecule has 0 fully saturated rings. The van der Waals surface area contributed by atoms with E-state index >= 15 is 0 Å². The Balaban J connectivity index is 2.68. The van der Waals surface area contributed by atoms with Crippen molar-refractivity contribution in [2.24, 2.45) is 5.92 Å². The number of nitrogen functional groups attached to an aromatic ring is 1. The van der Waals surface area contributed by atoms with Gasteiger partial charge < -0.3 is 10.5 Å². The molecule has 94 valence electrons. The van der Waals surface area contributed by atoms with Gasteiger partial charge in [-0.2, -0.15) is 0 Å². The highest BCUT2D eigenvalue weighted by atomic mass is 79.9. The van der Waals surface area contributed by atoms with E-state index in [0.717, 1.165) is 5.56 Å². The third kappa shape index (κ3) is 4.60. The summed E-state index contributed by atoms with van der Waals surface area (Å²) in [6.07, 6.45) is 0.452. The fraction of sp³-hybridized carbons (Fsp3) is 0.417. The van der Waals surface area contributed by atoms with Crippen LogP contribution >= 0.6 is 28.1 Å². The molecule has 1 rings (SSSR count). The average molecular weight is 320 g/mol. The molecular formula is C12H15BrFNOS. The fourth-order valence-corrected chi connectivity index (χ4v) is 1.89. The molecule has 1 aromatic rings. The number of nitrogens with two attached hydrogens (primary N) is 1. The number of anilines is 1. The van der Waals surface area contributed by atoms with Gasteiger partial charge >= 0.3 is 0 Å². The lowest BCUT2D eigenvalue weighted by atomic mass is 10.1. The first-order valence-corrected chi connectivity index (χ1v) is 6.49. The standard InChI is InChI=1S/C12H15BrFNOS/c1-7(2)6-16-12(17)4-8-3-11(15)10(14)5-9(8)13/h3,5,7H,4,6,15H2,1-2H3. The third-order valence-corrected chi connectivity index (χ3v) is 3.08. The highest BCUT2D eigenvalue weighted by Crippen LogP contribution is 2.23. The Hall–Kier alpha value is -0.680. The first-order valence-electron chi connectivity index (χ1n) is 5.29. The zero-order valence-corrected chi connectivity index (χ0v) is 12.2. The molecule has 0 aliphatic carbocycles. The molecule has 1 aromatic carbocycles. The van der Waals surface area contributed by atoms with E-state index in [0.29, 0.717) is 28.5 Å². The van der Waals surface area contributed by atoms with Crippen LogP contribution in [0.5, 0.6) is 0 Å². The Morgan fingerprint density at radius 3 is 2.76 bits per heavy atom. The molecule has 0 saturated carbocycles. The number of ether oxygens (including phenoxy) is 1. The second kappa shape index (κ2) is 6.31. The van der Waals surface area contributed by atoms with Gasteiger partial charge in [0.15, 0.2) is 5.05 Å². The molecule has 17 heavy (non-hydrogen) atoms. The molecule has 0 aromatic heterocycles. The van der Waals surface area contributed by atoms with Crippen molar-refractivity contribution >= 4 is 38.9 Å². The maximum absolute atomic E-state index is 13.1. The summed E-state index contributed by atoms with van der Waals surface area (Å²) in [7, 11) is 0. The van der Waals surface area contributed by atoms with Crippen molar-refractivity contribution < 1.29 is 9.13 Å². The van der Waals surface area contributed by atoms with Gasteiger partial charge in [-0.15, -0.1) is 0 Å². The normalized spacial score (nSPS) is 10.6. The van der Waals surface area contributed by atoms with Crippen LogP contribution in [0, 0.1) is 11.7 Å². The SMILES string of the molecule is CC(C)COC(=S)Cc1cc(N)c(F)cc1Br. The number of halogens is 2. The molecule has 5 heteroatoms. The third-order valence-electron chi connectivity index (χ3n) is 2.08. The molecule has 0 saturated heterocycles. The van der Waals surface area contributed by atoms with Gasteiger partial charge in [0.2, 0.25) is 0 Å². The van der Waals surface area contributed by atoms with Crippen molar-refractivity contribution in [3.05, 3.63) is 28.0 Å². The van der Waals surface area contributed by atoms with Crippen LogP contribution in [0.2, 0.25) is 0 Å². The van der Waals surface area contributed by atoms with Crippen molar-refractivity contribution in [3.8, 4) is 0 Å². The Morgan fingerprint density at radius 2 is 2.18 bits per heavy atom. The molecule has 2 N–H and O–H groups in total. The van der Waals surface area contributed by atoms with Gasteiger partial charge in [-0.05, 0) is 35.8 Å². The minimum atomic E-state index is -0.436. The number of rotatable bonds is 4. The van der Waals surface area contributed by atoms with Crippen LogP contribution in [0.25, 0.3) is 0 Å². The highest BCUT2D eigenvalue weighted by Gasteiger charge is 2.09. The largest absolute Gasteiger partial charge is 0.486 e. The second-order valence-electron chi connectivity index (χ2n) is 4.22. The maximum Gasteiger partial charge on any atom is 0.164 e. The van der Waals surface area contributed by atoms with E-state index in [4.69, 9.17) is 22.7 Å². The van der Waals surface area contributed by atoms with E-state index in [-0.39, 0.29) is 5.69 Å². The van der Waals surface area contributed by atoms with Crippen LogP contribution < -0.4 is 5.73 Å². The lowest BCUT2D eigenvalue weighted by Gasteiger charge is -2.11. The summed E-state index contributed by atoms with van der Waals surface area (Å²) >= 11 is 8.39. The van der Waals surface area contributed by atoms with Gasteiger partial charge in [0, 0.05) is 10.9 Å². The van der Waals surface area contributed by atoms with Crippen molar-refractivity contribution in [2.45, 2.75) is 20.3 Å². The summed E-state index contributed by atoms with van der Waals surface area (Å²) < 4.78 is 19.2. The van der Waals surface area contributed by atoms with Gasteiger partial charge in [-0.25, -0.2) is 4.39 Å². The van der Waals surface area contributed by atoms with Gasteiger partial charge in [0.1, 0.15) is 5.82 Å². The number of hydrogen-bond acceptors (Lipinski definition) is 3. The summed E-state index contributed by atoms with van der Waals surface area (Å²) in [4.78, 5) is 0. The predicted molar refractivity (Wildman–Crippen MR) is 75.6 cm³/mol. The van der Waals surface area contributed by atoms with Crippen LogP contribution in [0.3, 0.4) is 0 Å². The first-order chi connectivity index (χ1) is 7.90. The van der Waals surface area contributed by atoms with Crippen LogP contribution in [-0.2, 0) is 11.2 Å². The lowest BCUT2D eigenvalue weighted by Crippen LogP contribution is -2.11. The number of thiocarbonyl (C=S) groups is 1. The van der Waals surface area contributed by atoms with Gasteiger partial charge in [0.25, 0.3) is 0 Å². The highest BCUT2D eigenvalue weighted by molar-refractivity contribution is 9.10. The van der Waals surface area contributed by atoms with Crippen molar-refractivity contribution in [2.75, 3.05) is 12.3 Å². The molecule has 0 bridgehead atoms. The minimum Gasteiger partial charge on any atom is -0.486 e. The van der Waals surface area contributed by atoms with Crippen LogP contribution in [-0.4, -0.2) is 11.7 Å². The molecule has 0 spiro atoms. The monoisotopic (exact) mass is 319 g/mol. The van der Waals surface area contributed by atoms with E-state index in [9.17, 15) is 4.39 Å². The topological polar surface area (TPSA) is 35.2 Å². The van der Waals surface area contributed by atoms with E-state index < -0.39 is 5.82 Å². The molecule has 0 amide bonds. The summed E-state index contributed by atoms with van der Waals surface area (Å²) in [5.74, 6) is -0.00989. The maximum atomic E-state index is 13.1. The van der Waals surface area contributed by atoms with Crippen LogP contribution in [0.4, 0.5) is 10.1 Å². The molecule has 0 heterocycles. The van der Waals surface area contributed by atoms with Crippen LogP contribution in [0.15, 0.2) is 16.6 Å². The molecular weight excluding hydrogens is 305 g/mol. The minimum absolute atomic E-state index is 0.120. The molecule has 0 aliphatic rings. The van der Waals surface area contributed by atoms with E-state index in [1.807, 2.05) is 0 Å². The molecule has 0 atom stereocenters. The van der Waals surface area contributed by atoms with Gasteiger partial charge in [-0.1, -0.05) is 29.8 Å². The Bertz CT molecular complexity index is 423. The quantitative estimate of drug-likeness (QED) is 0.678. The number of hydrogen-bond donors (Lipinski definition) is 1. The Kier molecular flexibility index (Phi) is 5.33. The summed E-state index contributed by atoms with van der Waals surface area (Å²) in [6, 6.07) is 2.92. The molecule has 2 nitrogen and oxygen atoms in total. The van der Waals surface area contributed by atoms with E-state index in [1.54, 1.807) is 6.07 Å². The summed E-state index contributed by atoms with van der Waals surface area (Å²) in [5.41, 5.74) is 6.46. The summed E-state index contributed by atoms with van der Waals surface area (Å²) in [6.45, 7) is 4.69. The fourth-order valence-electron chi connectivity index (χ4n) is 1.21. The zero-order chi connectivity index (χ0) is 13.0. The Labute approximate surface area is 114 Å². The molecule has 0 unspecified atom stereocenters. The van der Waals surface area contributed by atoms with Gasteiger partial charge in [-0.3, -0.25) is 0 Å².